The lowest BCUT2D eigenvalue weighted by molar-refractivity contribution is -0.692. The molecule has 0 saturated heterocycles. The number of aromatic nitrogens is 1. The van der Waals surface area contributed by atoms with Gasteiger partial charge in [0, 0.05) is 22.7 Å². The Bertz CT molecular complexity index is 754. The number of nitrogens with zero attached hydrogens (tertiary/aromatic N) is 2. The van der Waals surface area contributed by atoms with Gasteiger partial charge in [-0.1, -0.05) is 31.0 Å². The van der Waals surface area contributed by atoms with Crippen LogP contribution in [-0.2, 0) is 19.0 Å². The van der Waals surface area contributed by atoms with Crippen molar-refractivity contribution in [3.8, 4) is 0 Å². The van der Waals surface area contributed by atoms with Crippen LogP contribution in [0.5, 0.6) is 0 Å². The van der Waals surface area contributed by atoms with E-state index in [4.69, 9.17) is 24.2 Å². The summed E-state index contributed by atoms with van der Waals surface area (Å²) in [6.07, 6.45) is 7.51. The van der Waals surface area contributed by atoms with E-state index in [1.54, 1.807) is 30.3 Å². The van der Waals surface area contributed by atoms with E-state index in [1.165, 1.54) is 5.56 Å². The molecule has 0 fully saturated rings. The maximum atomic E-state index is 13.0. The molecule has 5 heteroatoms. The van der Waals surface area contributed by atoms with E-state index in [0.717, 1.165) is 12.8 Å². The molecule has 1 heterocycles. The van der Waals surface area contributed by atoms with Gasteiger partial charge in [-0.2, -0.15) is 4.57 Å². The van der Waals surface area contributed by atoms with Gasteiger partial charge >= 0.3 is 0 Å². The highest BCUT2D eigenvalue weighted by Gasteiger charge is 2.28. The molecule has 130 valence electrons. The molecule has 0 amide bonds. The summed E-state index contributed by atoms with van der Waals surface area (Å²) in [7, 11) is 0. The molecule has 0 spiro atoms. The quantitative estimate of drug-likeness (QED) is 0.174. The van der Waals surface area contributed by atoms with Crippen LogP contribution in [0.2, 0.25) is 5.02 Å². The summed E-state index contributed by atoms with van der Waals surface area (Å²) in [5.74, 6) is -0.109. The van der Waals surface area contributed by atoms with Crippen LogP contribution in [0.3, 0.4) is 0 Å². The Labute approximate surface area is 159 Å². The van der Waals surface area contributed by atoms with Gasteiger partial charge in [0.15, 0.2) is 12.4 Å². The third-order valence-corrected chi connectivity index (χ3v) is 4.35. The molecule has 0 N–H and O–H groups in total. The summed E-state index contributed by atoms with van der Waals surface area (Å²) in [4.78, 5) is 17.3. The lowest BCUT2D eigenvalue weighted by atomic mass is 10.0. The Kier molecular flexibility index (Phi) is 7.29. The second-order valence-corrected chi connectivity index (χ2v) is 6.50. The Balaban J connectivity index is 2.40. The highest BCUT2D eigenvalue weighted by molar-refractivity contribution is 7.77. The minimum Gasteiger partial charge on any atom is -0.758 e. The fourth-order valence-corrected chi connectivity index (χ4v) is 2.91. The molecule has 25 heavy (non-hydrogen) atoms. The molecule has 0 saturated carbocycles. The molecule has 0 unspecified atom stereocenters. The zero-order valence-corrected chi connectivity index (χ0v) is 15.8. The zero-order chi connectivity index (χ0) is 18.2. The van der Waals surface area contributed by atoms with Gasteiger partial charge in [-0.15, -0.1) is 6.58 Å². The van der Waals surface area contributed by atoms with Crippen LogP contribution in [0.4, 0.5) is 0 Å². The summed E-state index contributed by atoms with van der Waals surface area (Å²) in [5.41, 5.74) is 1.78. The average Bonchev–Trinajstić information content (AvgIpc) is 2.62. The average molecular weight is 373 g/mol. The fourth-order valence-electron chi connectivity index (χ4n) is 2.48. The Morgan fingerprint density at radius 2 is 1.92 bits per heavy atom. The molecule has 0 radical (unpaired) electrons. The third-order valence-electron chi connectivity index (χ3n) is 3.75. The molecule has 2 aromatic rings. The first-order chi connectivity index (χ1) is 12.1. The lowest BCUT2D eigenvalue weighted by Crippen LogP contribution is -2.47. The van der Waals surface area contributed by atoms with E-state index in [2.05, 4.69) is 18.5 Å². The molecule has 0 aliphatic heterocycles. The van der Waals surface area contributed by atoms with Gasteiger partial charge in [-0.25, -0.2) is 0 Å². The third kappa shape index (κ3) is 5.21. The number of Topliss-reactive ketones (excluding diaryl/α,β-unsaturated/α-hetero) is 1. The van der Waals surface area contributed by atoms with Crippen molar-refractivity contribution in [1.82, 2.24) is 0 Å². The van der Waals surface area contributed by atoms with Crippen molar-refractivity contribution in [2.75, 3.05) is 6.54 Å². The first kappa shape index (κ1) is 19.3. The number of hydrogen-bond acceptors (Lipinski definition) is 3. The van der Waals surface area contributed by atoms with Crippen molar-refractivity contribution in [3.05, 3.63) is 77.6 Å². The largest absolute Gasteiger partial charge is 0.758 e. The van der Waals surface area contributed by atoms with E-state index in [-0.39, 0.29) is 5.78 Å². The van der Waals surface area contributed by atoms with Crippen molar-refractivity contribution in [2.24, 2.45) is 4.99 Å². The standard InChI is InChI=1S/C20H21ClN2OS/c1-3-5-15-10-13-23(14-11-15)18(20(25)22-12-4-2)19(24)16-6-8-17(21)9-7-16/h4,6-11,13-14,18H,2-3,5,12H2,1H3/t18-/m0/s1. The van der Waals surface area contributed by atoms with Crippen LogP contribution in [0, 0.1) is 0 Å². The first-order valence-electron chi connectivity index (χ1n) is 8.18. The number of halogens is 1. The van der Waals surface area contributed by atoms with Crippen LogP contribution in [-0.4, -0.2) is 17.4 Å². The number of hydrogen-bond donors (Lipinski definition) is 0. The fraction of sp³-hybridized carbons (Fsp3) is 0.250. The molecule has 3 nitrogen and oxygen atoms in total. The van der Waals surface area contributed by atoms with E-state index in [0.29, 0.717) is 22.2 Å². The second-order valence-electron chi connectivity index (χ2n) is 5.64. The Morgan fingerprint density at radius 1 is 1.28 bits per heavy atom. The van der Waals surface area contributed by atoms with Crippen molar-refractivity contribution in [2.45, 2.75) is 25.8 Å². The van der Waals surface area contributed by atoms with Crippen molar-refractivity contribution in [3.63, 3.8) is 0 Å². The predicted molar refractivity (Wildman–Crippen MR) is 105 cm³/mol. The Morgan fingerprint density at radius 3 is 2.48 bits per heavy atom. The molecule has 1 aromatic carbocycles. The number of rotatable bonds is 8. The summed E-state index contributed by atoms with van der Waals surface area (Å²) < 4.78 is 1.81. The predicted octanol–water partition coefficient (Wildman–Crippen LogP) is 4.14. The number of carbonyl (C=O) groups excluding carboxylic acids is 1. The minimum atomic E-state index is -0.660. The molecule has 0 aliphatic rings. The monoisotopic (exact) mass is 372 g/mol. The van der Waals surface area contributed by atoms with Crippen LogP contribution in [0.1, 0.15) is 35.3 Å². The molecule has 0 bridgehead atoms. The maximum absolute atomic E-state index is 13.0. The summed E-state index contributed by atoms with van der Waals surface area (Å²) in [6, 6.07) is 10.2. The van der Waals surface area contributed by atoms with E-state index >= 15 is 0 Å². The molecule has 1 atom stereocenters. The van der Waals surface area contributed by atoms with E-state index < -0.39 is 6.04 Å². The smallest absolute Gasteiger partial charge is 0.237 e. The molecule has 2 rings (SSSR count). The summed E-state index contributed by atoms with van der Waals surface area (Å²) in [6.45, 7) is 6.17. The lowest BCUT2D eigenvalue weighted by Gasteiger charge is -2.18. The zero-order valence-electron chi connectivity index (χ0n) is 14.2. The Hall–Kier alpha value is -2.04. The number of carbonyl (C=O) groups is 1. The molecule has 0 aliphatic carbocycles. The van der Waals surface area contributed by atoms with Crippen molar-refractivity contribution >= 4 is 35.1 Å². The normalized spacial score (nSPS) is 12.6. The van der Waals surface area contributed by atoms with E-state index in [1.807, 2.05) is 29.1 Å². The van der Waals surface area contributed by atoms with Crippen LogP contribution in [0.25, 0.3) is 0 Å². The van der Waals surface area contributed by atoms with E-state index in [9.17, 15) is 4.79 Å². The van der Waals surface area contributed by atoms with Crippen LogP contribution in [0.15, 0.2) is 66.4 Å². The van der Waals surface area contributed by atoms with Crippen molar-refractivity contribution in [1.29, 1.82) is 0 Å². The molecular weight excluding hydrogens is 352 g/mol. The minimum absolute atomic E-state index is 0.109. The maximum Gasteiger partial charge on any atom is 0.237 e. The number of ketones is 1. The summed E-state index contributed by atoms with van der Waals surface area (Å²) >= 11 is 11.3. The van der Waals surface area contributed by atoms with Gasteiger partial charge < -0.3 is 17.6 Å². The number of benzene rings is 1. The molecular formula is C20H21ClN2OS. The number of aryl methyl sites for hydroxylation is 1. The van der Waals surface area contributed by atoms with Gasteiger partial charge in [0.1, 0.15) is 0 Å². The van der Waals surface area contributed by atoms with Crippen LogP contribution >= 0.6 is 11.6 Å². The SMILES string of the molecule is C=CCN=C([S-])[C@H](C(=O)c1ccc(Cl)cc1)[n+]1ccc(CCC)cc1. The van der Waals surface area contributed by atoms with Gasteiger partial charge in [-0.3, -0.25) is 4.79 Å². The van der Waals surface area contributed by atoms with Gasteiger partial charge in [0.2, 0.25) is 11.8 Å². The summed E-state index contributed by atoms with van der Waals surface area (Å²) in [5, 5.41) is 0.927. The van der Waals surface area contributed by atoms with Gasteiger partial charge in [0.05, 0.1) is 6.54 Å². The first-order valence-corrected chi connectivity index (χ1v) is 8.97. The second kappa shape index (κ2) is 9.44. The van der Waals surface area contributed by atoms with Gasteiger partial charge in [0.25, 0.3) is 0 Å². The molecule has 1 aromatic heterocycles. The van der Waals surface area contributed by atoms with Gasteiger partial charge in [-0.05, 0) is 41.3 Å². The highest BCUT2D eigenvalue weighted by Crippen LogP contribution is 2.15. The van der Waals surface area contributed by atoms with Crippen LogP contribution < -0.4 is 4.57 Å². The topological polar surface area (TPSA) is 33.3 Å². The highest BCUT2D eigenvalue weighted by atomic mass is 35.5. The van der Waals surface area contributed by atoms with Crippen molar-refractivity contribution < 1.29 is 9.36 Å². The number of aliphatic imine (C=N–C) groups is 1. The number of pyridine rings is 1.